The van der Waals surface area contributed by atoms with E-state index >= 15 is 0 Å². The van der Waals surface area contributed by atoms with Gasteiger partial charge < -0.3 is 10.5 Å². The fraction of sp³-hybridized carbons (Fsp3) is 0.0667. The number of rotatable bonds is 6. The number of halogens is 1. The van der Waals surface area contributed by atoms with Gasteiger partial charge in [0.2, 0.25) is 0 Å². The lowest BCUT2D eigenvalue weighted by molar-refractivity contribution is -0.384. The summed E-state index contributed by atoms with van der Waals surface area (Å²) in [6.45, 7) is 0. The second kappa shape index (κ2) is 8.10. The van der Waals surface area contributed by atoms with Crippen molar-refractivity contribution in [3.8, 4) is 0 Å². The molecule has 0 spiro atoms. The fourth-order valence-electron chi connectivity index (χ4n) is 2.12. The highest BCUT2D eigenvalue weighted by atomic mass is 35.5. The molecule has 4 N–H and O–H groups in total. The number of anilines is 2. The zero-order valence-electron chi connectivity index (χ0n) is 14.1. The SMILES string of the molecule is COC(=O)Nc1ccc(S(=O)(=O)Nc2cc(Cl)ccc2C(N)=O)cc1[N+](=O)[O-]. The van der Waals surface area contributed by atoms with Crippen molar-refractivity contribution in [1.82, 2.24) is 0 Å². The molecule has 28 heavy (non-hydrogen) atoms. The van der Waals surface area contributed by atoms with Crippen molar-refractivity contribution < 1.29 is 27.7 Å². The number of methoxy groups -OCH3 is 1. The highest BCUT2D eigenvalue weighted by Crippen LogP contribution is 2.30. The predicted molar refractivity (Wildman–Crippen MR) is 99.9 cm³/mol. The molecule has 0 saturated carbocycles. The van der Waals surface area contributed by atoms with Gasteiger partial charge in [-0.2, -0.15) is 0 Å². The number of hydrogen-bond acceptors (Lipinski definition) is 7. The average Bonchev–Trinajstić information content (AvgIpc) is 2.60. The van der Waals surface area contributed by atoms with Crippen LogP contribution in [-0.2, 0) is 14.8 Å². The van der Waals surface area contributed by atoms with Crippen molar-refractivity contribution in [3.63, 3.8) is 0 Å². The summed E-state index contributed by atoms with van der Waals surface area (Å²) in [5.41, 5.74) is 3.91. The van der Waals surface area contributed by atoms with E-state index in [1.54, 1.807) is 0 Å². The molecule has 11 nitrogen and oxygen atoms in total. The Labute approximate surface area is 163 Å². The second-order valence-corrected chi connectivity index (χ2v) is 7.33. The molecule has 0 atom stereocenters. The molecule has 0 saturated heterocycles. The number of carbonyl (C=O) groups excluding carboxylic acids is 2. The number of nitrogens with zero attached hydrogens (tertiary/aromatic N) is 1. The van der Waals surface area contributed by atoms with Gasteiger partial charge in [0.25, 0.3) is 21.6 Å². The first-order valence-electron chi connectivity index (χ1n) is 7.30. The van der Waals surface area contributed by atoms with Gasteiger partial charge in [0, 0.05) is 11.1 Å². The Morgan fingerprint density at radius 1 is 1.18 bits per heavy atom. The van der Waals surface area contributed by atoms with Gasteiger partial charge in [0.05, 0.1) is 28.2 Å². The number of ether oxygens (including phenoxy) is 1. The molecule has 0 aliphatic carbocycles. The zero-order chi connectivity index (χ0) is 21.1. The maximum absolute atomic E-state index is 12.6. The van der Waals surface area contributed by atoms with Gasteiger partial charge in [-0.05, 0) is 30.3 Å². The molecule has 2 rings (SSSR count). The summed E-state index contributed by atoms with van der Waals surface area (Å²) in [5, 5.41) is 13.5. The van der Waals surface area contributed by atoms with Crippen molar-refractivity contribution in [2.75, 3.05) is 17.1 Å². The van der Waals surface area contributed by atoms with E-state index in [-0.39, 0.29) is 22.0 Å². The average molecular weight is 429 g/mol. The smallest absolute Gasteiger partial charge is 0.411 e. The number of nitrogens with two attached hydrogens (primary N) is 1. The van der Waals surface area contributed by atoms with Gasteiger partial charge in [-0.1, -0.05) is 11.6 Å². The number of carbonyl (C=O) groups is 2. The monoisotopic (exact) mass is 428 g/mol. The van der Waals surface area contributed by atoms with Gasteiger partial charge in [-0.3, -0.25) is 24.9 Å². The summed E-state index contributed by atoms with van der Waals surface area (Å²) in [7, 11) is -3.30. The topological polar surface area (TPSA) is 171 Å². The van der Waals surface area contributed by atoms with Gasteiger partial charge >= 0.3 is 6.09 Å². The molecule has 0 aliphatic heterocycles. The fourth-order valence-corrected chi connectivity index (χ4v) is 3.38. The van der Waals surface area contributed by atoms with E-state index in [4.69, 9.17) is 17.3 Å². The summed E-state index contributed by atoms with van der Waals surface area (Å²) in [4.78, 5) is 32.6. The lowest BCUT2D eigenvalue weighted by Crippen LogP contribution is -2.19. The van der Waals surface area contributed by atoms with Crippen molar-refractivity contribution in [2.24, 2.45) is 5.73 Å². The minimum Gasteiger partial charge on any atom is -0.453 e. The van der Waals surface area contributed by atoms with Gasteiger partial charge in [-0.15, -0.1) is 0 Å². The molecule has 0 aliphatic rings. The Balaban J connectivity index is 2.48. The molecule has 0 unspecified atom stereocenters. The standard InChI is InChI=1S/C15H13ClN4O7S/c1-27-15(22)18-11-5-3-9(7-13(11)20(23)24)28(25,26)19-12-6-8(16)2-4-10(12)14(17)21/h2-7,19H,1H3,(H2,17,21)(H,18,22). The number of nitro groups is 1. The number of benzene rings is 2. The first-order chi connectivity index (χ1) is 13.0. The summed E-state index contributed by atoms with van der Waals surface area (Å²) >= 11 is 5.82. The molecule has 0 heterocycles. The predicted octanol–water partition coefficient (Wildman–Crippen LogP) is 2.33. The van der Waals surface area contributed by atoms with Crippen molar-refractivity contribution in [1.29, 1.82) is 0 Å². The summed E-state index contributed by atoms with van der Waals surface area (Å²) < 4.78 is 31.7. The summed E-state index contributed by atoms with van der Waals surface area (Å²) in [6, 6.07) is 6.53. The number of primary amides is 1. The number of hydrogen-bond donors (Lipinski definition) is 3. The molecule has 0 aromatic heterocycles. The van der Waals surface area contributed by atoms with Crippen LogP contribution in [0.15, 0.2) is 41.3 Å². The summed E-state index contributed by atoms with van der Waals surface area (Å²) in [5.74, 6) is -0.905. The zero-order valence-corrected chi connectivity index (χ0v) is 15.7. The molecule has 0 radical (unpaired) electrons. The van der Waals surface area contributed by atoms with E-state index in [1.165, 1.54) is 18.2 Å². The van der Waals surface area contributed by atoms with Crippen LogP contribution < -0.4 is 15.8 Å². The second-order valence-electron chi connectivity index (χ2n) is 5.21. The van der Waals surface area contributed by atoms with E-state index in [2.05, 4.69) is 14.8 Å². The summed E-state index contributed by atoms with van der Waals surface area (Å²) in [6.07, 6.45) is -0.971. The first-order valence-corrected chi connectivity index (χ1v) is 9.17. The van der Waals surface area contributed by atoms with Crippen LogP contribution in [0.3, 0.4) is 0 Å². The van der Waals surface area contributed by atoms with Crippen molar-refractivity contribution in [2.45, 2.75) is 4.90 Å². The highest BCUT2D eigenvalue weighted by Gasteiger charge is 2.24. The molecule has 2 aromatic carbocycles. The first kappa shape index (κ1) is 20.9. The minimum atomic E-state index is -4.36. The Hall–Kier alpha value is -3.38. The van der Waals surface area contributed by atoms with Crippen LogP contribution in [0.5, 0.6) is 0 Å². The van der Waals surface area contributed by atoms with E-state index in [0.717, 1.165) is 25.3 Å². The van der Waals surface area contributed by atoms with Crippen LogP contribution in [0.4, 0.5) is 21.9 Å². The molecular formula is C15H13ClN4O7S. The number of amides is 2. The number of sulfonamides is 1. The molecule has 13 heteroatoms. The third-order valence-electron chi connectivity index (χ3n) is 3.39. The highest BCUT2D eigenvalue weighted by molar-refractivity contribution is 7.92. The third kappa shape index (κ3) is 4.66. The quantitative estimate of drug-likeness (QED) is 0.467. The van der Waals surface area contributed by atoms with E-state index in [0.29, 0.717) is 0 Å². The maximum Gasteiger partial charge on any atom is 0.411 e. The van der Waals surface area contributed by atoms with Gasteiger partial charge in [0.1, 0.15) is 5.69 Å². The Morgan fingerprint density at radius 2 is 1.86 bits per heavy atom. The molecule has 2 aromatic rings. The van der Waals surface area contributed by atoms with Crippen LogP contribution in [-0.4, -0.2) is 32.5 Å². The van der Waals surface area contributed by atoms with Crippen molar-refractivity contribution in [3.05, 3.63) is 57.1 Å². The lowest BCUT2D eigenvalue weighted by Gasteiger charge is -2.12. The number of nitrogens with one attached hydrogen (secondary N) is 2. The molecule has 2 amide bonds. The van der Waals surface area contributed by atoms with Crippen LogP contribution in [0.25, 0.3) is 0 Å². The van der Waals surface area contributed by atoms with Gasteiger partial charge in [-0.25, -0.2) is 13.2 Å². The Morgan fingerprint density at radius 3 is 2.43 bits per heavy atom. The Bertz CT molecular complexity index is 1070. The maximum atomic E-state index is 12.6. The van der Waals surface area contributed by atoms with Crippen molar-refractivity contribution >= 4 is 50.7 Å². The van der Waals surface area contributed by atoms with Crippen LogP contribution in [0.2, 0.25) is 5.02 Å². The van der Waals surface area contributed by atoms with Crippen LogP contribution >= 0.6 is 11.6 Å². The Kier molecular flexibility index (Phi) is 6.06. The molecule has 148 valence electrons. The van der Waals surface area contributed by atoms with E-state index in [1.807, 2.05) is 0 Å². The largest absolute Gasteiger partial charge is 0.453 e. The van der Waals surface area contributed by atoms with E-state index < -0.39 is 37.5 Å². The van der Waals surface area contributed by atoms with Crippen LogP contribution in [0, 0.1) is 10.1 Å². The minimum absolute atomic E-state index is 0.131. The lowest BCUT2D eigenvalue weighted by atomic mass is 10.2. The molecular weight excluding hydrogens is 416 g/mol. The third-order valence-corrected chi connectivity index (χ3v) is 4.99. The van der Waals surface area contributed by atoms with Gasteiger partial charge in [0.15, 0.2) is 0 Å². The number of nitro benzene ring substituents is 1. The van der Waals surface area contributed by atoms with Crippen LogP contribution in [0.1, 0.15) is 10.4 Å². The molecule has 0 bridgehead atoms. The van der Waals surface area contributed by atoms with E-state index in [9.17, 15) is 28.1 Å². The molecule has 0 fully saturated rings. The normalized spacial score (nSPS) is 10.8.